The van der Waals surface area contributed by atoms with Gasteiger partial charge in [-0.25, -0.2) is 0 Å². The van der Waals surface area contributed by atoms with Gasteiger partial charge in [-0.15, -0.1) is 0 Å². The Balaban J connectivity index is 1.57. The van der Waals surface area contributed by atoms with Gasteiger partial charge in [0.25, 0.3) is 0 Å². The fourth-order valence-electron chi connectivity index (χ4n) is 5.46. The van der Waals surface area contributed by atoms with E-state index in [1.54, 1.807) is 0 Å². The van der Waals surface area contributed by atoms with E-state index in [1.165, 1.54) is 55.2 Å². The van der Waals surface area contributed by atoms with Crippen molar-refractivity contribution in [1.82, 2.24) is 4.57 Å². The lowest BCUT2D eigenvalue weighted by molar-refractivity contribution is 0.624. The average Bonchev–Trinajstić information content (AvgIpc) is 3.29. The molecule has 0 radical (unpaired) electrons. The molecule has 1 heteroatoms. The first-order valence-corrected chi connectivity index (χ1v) is 10.3. The van der Waals surface area contributed by atoms with Crippen molar-refractivity contribution < 1.29 is 0 Å². The quantitative estimate of drug-likeness (QED) is 0.287. The van der Waals surface area contributed by atoms with Crippen LogP contribution in [0.15, 0.2) is 91.0 Å². The predicted molar refractivity (Wildman–Crippen MR) is 122 cm³/mol. The van der Waals surface area contributed by atoms with E-state index in [9.17, 15) is 0 Å². The third kappa shape index (κ3) is 1.95. The highest BCUT2D eigenvalue weighted by Crippen LogP contribution is 2.53. The molecule has 0 N–H and O–H groups in total. The summed E-state index contributed by atoms with van der Waals surface area (Å²) in [6.45, 7) is 0. The average molecular weight is 369 g/mol. The lowest BCUT2D eigenvalue weighted by Gasteiger charge is -2.24. The molecule has 0 saturated heterocycles. The van der Waals surface area contributed by atoms with Crippen molar-refractivity contribution in [1.29, 1.82) is 0 Å². The van der Waals surface area contributed by atoms with Crippen molar-refractivity contribution in [2.45, 2.75) is 12.5 Å². The van der Waals surface area contributed by atoms with Crippen molar-refractivity contribution >= 4 is 27.8 Å². The van der Waals surface area contributed by atoms with E-state index < -0.39 is 0 Å². The van der Waals surface area contributed by atoms with Crippen LogP contribution in [0.25, 0.3) is 50.1 Å². The maximum absolute atomic E-state index is 2.59. The molecule has 29 heavy (non-hydrogen) atoms. The number of para-hydroxylation sites is 1. The standard InChI is InChI=1S/C28H19N/c1-2-8-20-17-21(16-15-18(20)7-1)29-25-14-4-3-11-22(25)27-23-12-5-9-19-10-6-13-24(26(19)23)28(27)29/h1-16,21H,17H2. The Morgan fingerprint density at radius 2 is 1.52 bits per heavy atom. The summed E-state index contributed by atoms with van der Waals surface area (Å²) in [7, 11) is 0. The fraction of sp³-hybridized carbons (Fsp3) is 0.0714. The van der Waals surface area contributed by atoms with E-state index in [1.807, 2.05) is 0 Å². The zero-order chi connectivity index (χ0) is 18.9. The van der Waals surface area contributed by atoms with E-state index in [0.29, 0.717) is 6.04 Å². The number of hydrogen-bond acceptors (Lipinski definition) is 0. The largest absolute Gasteiger partial charge is 0.333 e. The summed E-state index contributed by atoms with van der Waals surface area (Å²) in [6, 6.07) is 31.5. The molecule has 2 aliphatic carbocycles. The van der Waals surface area contributed by atoms with Gasteiger partial charge in [0.1, 0.15) is 0 Å². The number of fused-ring (bicyclic) bond motifs is 6. The highest BCUT2D eigenvalue weighted by atomic mass is 15.0. The molecule has 1 unspecified atom stereocenters. The summed E-state index contributed by atoms with van der Waals surface area (Å²) in [5, 5.41) is 4.09. The molecule has 4 aromatic carbocycles. The van der Waals surface area contributed by atoms with Crippen molar-refractivity contribution in [3.05, 3.63) is 102 Å². The highest BCUT2D eigenvalue weighted by molar-refractivity contribution is 6.21. The molecule has 0 fully saturated rings. The molecule has 0 bridgehead atoms. The summed E-state index contributed by atoms with van der Waals surface area (Å²) in [4.78, 5) is 0. The molecular weight excluding hydrogens is 350 g/mol. The van der Waals surface area contributed by atoms with E-state index in [-0.39, 0.29) is 0 Å². The second kappa shape index (κ2) is 5.48. The Morgan fingerprint density at radius 3 is 2.45 bits per heavy atom. The van der Waals surface area contributed by atoms with E-state index in [2.05, 4.69) is 102 Å². The van der Waals surface area contributed by atoms with Gasteiger partial charge in [0, 0.05) is 22.0 Å². The van der Waals surface area contributed by atoms with Gasteiger partial charge < -0.3 is 4.57 Å². The summed E-state index contributed by atoms with van der Waals surface area (Å²) in [5.74, 6) is 0. The van der Waals surface area contributed by atoms with Crippen molar-refractivity contribution in [3.8, 4) is 22.4 Å². The van der Waals surface area contributed by atoms with Crippen LogP contribution in [0.4, 0.5) is 0 Å². The Labute approximate surface area is 169 Å². The van der Waals surface area contributed by atoms with Crippen LogP contribution >= 0.6 is 0 Å². The zero-order valence-electron chi connectivity index (χ0n) is 16.0. The maximum atomic E-state index is 2.59. The molecular formula is C28H19N. The van der Waals surface area contributed by atoms with Gasteiger partial charge in [-0.2, -0.15) is 0 Å². The summed E-state index contributed by atoms with van der Waals surface area (Å²) in [6.07, 6.45) is 5.72. The van der Waals surface area contributed by atoms with Crippen LogP contribution in [0.3, 0.4) is 0 Å². The molecule has 5 aromatic rings. The van der Waals surface area contributed by atoms with Gasteiger partial charge >= 0.3 is 0 Å². The van der Waals surface area contributed by atoms with Gasteiger partial charge in [-0.1, -0.05) is 91.0 Å². The van der Waals surface area contributed by atoms with Crippen molar-refractivity contribution in [2.24, 2.45) is 0 Å². The van der Waals surface area contributed by atoms with Crippen LogP contribution < -0.4 is 0 Å². The predicted octanol–water partition coefficient (Wildman–Crippen LogP) is 7.25. The minimum Gasteiger partial charge on any atom is -0.333 e. The fourth-order valence-corrected chi connectivity index (χ4v) is 5.46. The minimum atomic E-state index is 0.322. The monoisotopic (exact) mass is 369 g/mol. The molecule has 7 rings (SSSR count). The number of nitrogens with zero attached hydrogens (tertiary/aromatic N) is 1. The number of hydrogen-bond donors (Lipinski definition) is 0. The smallest absolute Gasteiger partial charge is 0.0583 e. The van der Waals surface area contributed by atoms with Crippen LogP contribution in [0.1, 0.15) is 17.2 Å². The molecule has 0 spiro atoms. The van der Waals surface area contributed by atoms with Gasteiger partial charge in [0.2, 0.25) is 0 Å². The second-order valence-corrected chi connectivity index (χ2v) is 8.15. The molecule has 0 saturated carbocycles. The normalized spacial score (nSPS) is 16.3. The summed E-state index contributed by atoms with van der Waals surface area (Å²) < 4.78 is 2.59. The maximum Gasteiger partial charge on any atom is 0.0583 e. The van der Waals surface area contributed by atoms with Gasteiger partial charge in [0.15, 0.2) is 0 Å². The zero-order valence-corrected chi connectivity index (χ0v) is 16.0. The van der Waals surface area contributed by atoms with Crippen LogP contribution in [0.5, 0.6) is 0 Å². The molecule has 1 atom stereocenters. The Hall–Kier alpha value is -3.58. The molecule has 1 heterocycles. The number of benzene rings is 4. The van der Waals surface area contributed by atoms with Gasteiger partial charge in [-0.05, 0) is 39.9 Å². The third-order valence-electron chi connectivity index (χ3n) is 6.65. The van der Waals surface area contributed by atoms with Crippen LogP contribution in [0.2, 0.25) is 0 Å². The first-order chi connectivity index (χ1) is 14.4. The molecule has 136 valence electrons. The topological polar surface area (TPSA) is 4.93 Å². The van der Waals surface area contributed by atoms with Crippen LogP contribution in [-0.4, -0.2) is 4.57 Å². The van der Waals surface area contributed by atoms with E-state index in [0.717, 1.165) is 6.42 Å². The van der Waals surface area contributed by atoms with Gasteiger partial charge in [0.05, 0.1) is 11.7 Å². The first kappa shape index (κ1) is 15.4. The number of allylic oxidation sites excluding steroid dienone is 1. The van der Waals surface area contributed by atoms with Crippen molar-refractivity contribution in [2.75, 3.05) is 0 Å². The second-order valence-electron chi connectivity index (χ2n) is 8.15. The minimum absolute atomic E-state index is 0.322. The summed E-state index contributed by atoms with van der Waals surface area (Å²) in [5.41, 5.74) is 9.65. The Kier molecular flexibility index (Phi) is 2.90. The van der Waals surface area contributed by atoms with Gasteiger partial charge in [-0.3, -0.25) is 0 Å². The molecule has 0 aliphatic heterocycles. The van der Waals surface area contributed by atoms with Crippen molar-refractivity contribution in [3.63, 3.8) is 0 Å². The molecule has 0 amide bonds. The molecule has 1 aromatic heterocycles. The van der Waals surface area contributed by atoms with Crippen LogP contribution in [0, 0.1) is 0 Å². The van der Waals surface area contributed by atoms with Crippen LogP contribution in [-0.2, 0) is 6.42 Å². The Morgan fingerprint density at radius 1 is 0.724 bits per heavy atom. The lowest BCUT2D eigenvalue weighted by atomic mass is 9.93. The molecule has 2 aliphatic rings. The SMILES string of the molecule is C1=CC(n2c3c(c4ccccc42)-c2cccc4cccc-3c24)Cc2ccccc21. The van der Waals surface area contributed by atoms with E-state index in [4.69, 9.17) is 0 Å². The number of rotatable bonds is 1. The van der Waals surface area contributed by atoms with E-state index >= 15 is 0 Å². The molecule has 1 nitrogen and oxygen atoms in total. The Bertz CT molecular complexity index is 1480. The lowest BCUT2D eigenvalue weighted by Crippen LogP contribution is -2.14. The highest BCUT2D eigenvalue weighted by Gasteiger charge is 2.31. The first-order valence-electron chi connectivity index (χ1n) is 10.3. The third-order valence-corrected chi connectivity index (χ3v) is 6.65. The summed E-state index contributed by atoms with van der Waals surface area (Å²) >= 11 is 0. The number of aromatic nitrogens is 1.